The van der Waals surface area contributed by atoms with Gasteiger partial charge in [0.25, 0.3) is 0 Å². The lowest BCUT2D eigenvalue weighted by Crippen LogP contribution is -2.35. The third-order valence-corrected chi connectivity index (χ3v) is 5.93. The molecule has 0 aliphatic carbocycles. The Morgan fingerprint density at radius 1 is 1.12 bits per heavy atom. The molecule has 34 heavy (non-hydrogen) atoms. The molecule has 1 fully saturated rings. The molecule has 2 aromatic carbocycles. The van der Waals surface area contributed by atoms with Gasteiger partial charge in [-0.15, -0.1) is 0 Å². The number of morpholine rings is 1. The number of carbonyl (C=O) groups is 1. The van der Waals surface area contributed by atoms with Crippen molar-refractivity contribution in [2.24, 2.45) is 7.05 Å². The summed E-state index contributed by atoms with van der Waals surface area (Å²) in [5.41, 5.74) is 5.89. The quantitative estimate of drug-likeness (QED) is 0.445. The highest BCUT2D eigenvalue weighted by Gasteiger charge is 2.11. The molecular formula is C27H27N5O2. The third-order valence-electron chi connectivity index (χ3n) is 5.93. The van der Waals surface area contributed by atoms with Crippen molar-refractivity contribution < 1.29 is 9.53 Å². The van der Waals surface area contributed by atoms with E-state index in [1.54, 1.807) is 29.2 Å². The lowest BCUT2D eigenvalue weighted by molar-refractivity contribution is -0.111. The maximum absolute atomic E-state index is 12.6. The van der Waals surface area contributed by atoms with Crippen LogP contribution in [0.4, 0.5) is 5.69 Å². The zero-order chi connectivity index (χ0) is 23.3. The van der Waals surface area contributed by atoms with Crippen molar-refractivity contribution in [3.05, 3.63) is 84.3 Å². The third kappa shape index (κ3) is 5.22. The van der Waals surface area contributed by atoms with E-state index < -0.39 is 0 Å². The summed E-state index contributed by atoms with van der Waals surface area (Å²) in [6.45, 7) is 4.38. The highest BCUT2D eigenvalue weighted by molar-refractivity contribution is 6.02. The van der Waals surface area contributed by atoms with Gasteiger partial charge in [0.2, 0.25) is 5.91 Å². The predicted molar refractivity (Wildman–Crippen MR) is 134 cm³/mol. The van der Waals surface area contributed by atoms with E-state index in [4.69, 9.17) is 4.74 Å². The number of hydrogen-bond donors (Lipinski definition) is 1. The Morgan fingerprint density at radius 2 is 1.94 bits per heavy atom. The molecule has 7 nitrogen and oxygen atoms in total. The van der Waals surface area contributed by atoms with E-state index in [2.05, 4.69) is 38.5 Å². The smallest absolute Gasteiger partial charge is 0.248 e. The number of ether oxygens (including phenoxy) is 1. The zero-order valence-corrected chi connectivity index (χ0v) is 19.1. The lowest BCUT2D eigenvalue weighted by Gasteiger charge is -2.26. The Labute approximate surface area is 198 Å². The monoisotopic (exact) mass is 453 g/mol. The maximum atomic E-state index is 12.6. The van der Waals surface area contributed by atoms with Crippen molar-refractivity contribution in [3.8, 4) is 11.1 Å². The number of benzene rings is 2. The Hall–Kier alpha value is -3.81. The molecule has 7 heteroatoms. The molecule has 1 amide bonds. The number of carbonyl (C=O) groups excluding carboxylic acids is 1. The van der Waals surface area contributed by atoms with E-state index >= 15 is 0 Å². The zero-order valence-electron chi connectivity index (χ0n) is 19.1. The fourth-order valence-electron chi connectivity index (χ4n) is 4.18. The SMILES string of the molecule is Cn1cc2cc(-c3ccncc3C=CC(=O)Nc3ccc(CN4CCOCC4)cc3)ccc2n1. The van der Waals surface area contributed by atoms with Crippen LogP contribution in [0.5, 0.6) is 0 Å². The molecule has 1 aliphatic heterocycles. The van der Waals surface area contributed by atoms with Crippen LogP contribution in [0.25, 0.3) is 28.1 Å². The summed E-state index contributed by atoms with van der Waals surface area (Å²) in [5, 5.41) is 8.44. The van der Waals surface area contributed by atoms with Gasteiger partial charge in [0.05, 0.1) is 18.7 Å². The van der Waals surface area contributed by atoms with Crippen LogP contribution < -0.4 is 5.32 Å². The van der Waals surface area contributed by atoms with Crippen molar-refractivity contribution in [2.75, 3.05) is 31.6 Å². The van der Waals surface area contributed by atoms with Crippen LogP contribution in [0, 0.1) is 0 Å². The molecule has 1 N–H and O–H groups in total. The lowest BCUT2D eigenvalue weighted by atomic mass is 10.0. The maximum Gasteiger partial charge on any atom is 0.248 e. The molecular weight excluding hydrogens is 426 g/mol. The number of aromatic nitrogens is 3. The van der Waals surface area contributed by atoms with E-state index in [1.807, 2.05) is 43.6 Å². The van der Waals surface area contributed by atoms with Gasteiger partial charge < -0.3 is 10.1 Å². The van der Waals surface area contributed by atoms with E-state index in [0.717, 1.165) is 66.1 Å². The second-order valence-electron chi connectivity index (χ2n) is 8.45. The molecule has 4 aromatic rings. The summed E-state index contributed by atoms with van der Waals surface area (Å²) in [6.07, 6.45) is 8.88. The second kappa shape index (κ2) is 9.99. The first-order valence-electron chi connectivity index (χ1n) is 11.4. The summed E-state index contributed by atoms with van der Waals surface area (Å²) in [4.78, 5) is 19.2. The second-order valence-corrected chi connectivity index (χ2v) is 8.45. The molecule has 1 saturated heterocycles. The summed E-state index contributed by atoms with van der Waals surface area (Å²) in [7, 11) is 1.91. The van der Waals surface area contributed by atoms with E-state index in [9.17, 15) is 4.79 Å². The molecule has 0 spiro atoms. The van der Waals surface area contributed by atoms with Crippen molar-refractivity contribution in [1.82, 2.24) is 19.7 Å². The van der Waals surface area contributed by atoms with Crippen LogP contribution in [0.2, 0.25) is 0 Å². The fourth-order valence-corrected chi connectivity index (χ4v) is 4.18. The van der Waals surface area contributed by atoms with Gasteiger partial charge in [0.1, 0.15) is 0 Å². The van der Waals surface area contributed by atoms with Crippen LogP contribution in [-0.2, 0) is 23.1 Å². The number of aryl methyl sites for hydroxylation is 1. The topological polar surface area (TPSA) is 72.3 Å². The summed E-state index contributed by atoms with van der Waals surface area (Å²) in [5.74, 6) is -0.182. The number of rotatable bonds is 6. The molecule has 172 valence electrons. The van der Waals surface area contributed by atoms with Gasteiger partial charge >= 0.3 is 0 Å². The first kappa shape index (κ1) is 22.0. The van der Waals surface area contributed by atoms with Gasteiger partial charge in [0.15, 0.2) is 0 Å². The average molecular weight is 454 g/mol. The van der Waals surface area contributed by atoms with Crippen LogP contribution in [0.15, 0.2) is 73.2 Å². The molecule has 5 rings (SSSR count). The molecule has 0 atom stereocenters. The minimum absolute atomic E-state index is 0.182. The number of amides is 1. The number of nitrogens with zero attached hydrogens (tertiary/aromatic N) is 4. The number of hydrogen-bond acceptors (Lipinski definition) is 5. The van der Waals surface area contributed by atoms with E-state index in [1.165, 1.54) is 5.56 Å². The van der Waals surface area contributed by atoms with E-state index in [0.29, 0.717) is 0 Å². The van der Waals surface area contributed by atoms with Crippen LogP contribution in [-0.4, -0.2) is 51.9 Å². The Balaban J connectivity index is 1.25. The molecule has 2 aromatic heterocycles. The number of fused-ring (bicyclic) bond motifs is 1. The molecule has 0 saturated carbocycles. The van der Waals surface area contributed by atoms with Crippen LogP contribution >= 0.6 is 0 Å². The number of nitrogens with one attached hydrogen (secondary N) is 1. The summed E-state index contributed by atoms with van der Waals surface area (Å²) < 4.78 is 7.21. The van der Waals surface area contributed by atoms with Gasteiger partial charge in [-0.25, -0.2) is 0 Å². The Bertz CT molecular complexity index is 1320. The Kier molecular flexibility index (Phi) is 6.46. The van der Waals surface area contributed by atoms with Crippen molar-refractivity contribution in [2.45, 2.75) is 6.54 Å². The van der Waals surface area contributed by atoms with Crippen molar-refractivity contribution in [3.63, 3.8) is 0 Å². The van der Waals surface area contributed by atoms with Crippen LogP contribution in [0.1, 0.15) is 11.1 Å². The molecule has 3 heterocycles. The van der Waals surface area contributed by atoms with Gasteiger partial charge in [-0.2, -0.15) is 5.10 Å². The van der Waals surface area contributed by atoms with Crippen LogP contribution in [0.3, 0.4) is 0 Å². The standard InChI is InChI=1S/C27H27N5O2/c1-31-19-23-16-21(4-8-26(23)30-31)25-10-11-28-17-22(25)5-9-27(33)29-24-6-2-20(3-7-24)18-32-12-14-34-15-13-32/h2-11,16-17,19H,12-15,18H2,1H3,(H,29,33). The largest absolute Gasteiger partial charge is 0.379 e. The number of pyridine rings is 1. The van der Waals surface area contributed by atoms with E-state index in [-0.39, 0.29) is 5.91 Å². The van der Waals surface area contributed by atoms with Gasteiger partial charge in [-0.3, -0.25) is 19.4 Å². The van der Waals surface area contributed by atoms with Crippen molar-refractivity contribution >= 4 is 28.6 Å². The summed E-state index contributed by atoms with van der Waals surface area (Å²) >= 11 is 0. The minimum Gasteiger partial charge on any atom is -0.379 e. The van der Waals surface area contributed by atoms with Crippen molar-refractivity contribution in [1.29, 1.82) is 0 Å². The highest BCUT2D eigenvalue weighted by Crippen LogP contribution is 2.27. The van der Waals surface area contributed by atoms with Gasteiger partial charge in [-0.05, 0) is 53.1 Å². The first-order chi connectivity index (χ1) is 16.6. The molecule has 0 unspecified atom stereocenters. The first-order valence-corrected chi connectivity index (χ1v) is 11.4. The average Bonchev–Trinajstić information content (AvgIpc) is 3.24. The normalized spacial score (nSPS) is 14.6. The molecule has 1 aliphatic rings. The predicted octanol–water partition coefficient (Wildman–Crippen LogP) is 4.12. The van der Waals surface area contributed by atoms with Gasteiger partial charge in [-0.1, -0.05) is 18.2 Å². The minimum atomic E-state index is -0.182. The number of anilines is 1. The van der Waals surface area contributed by atoms with Gasteiger partial charge in [0, 0.05) is 68.0 Å². The summed E-state index contributed by atoms with van der Waals surface area (Å²) in [6, 6.07) is 16.1. The fraction of sp³-hybridized carbons (Fsp3) is 0.222. The molecule has 0 bridgehead atoms. The Morgan fingerprint density at radius 3 is 2.76 bits per heavy atom. The highest BCUT2D eigenvalue weighted by atomic mass is 16.5. The molecule has 0 radical (unpaired) electrons.